The quantitative estimate of drug-likeness (QED) is 0.798. The summed E-state index contributed by atoms with van der Waals surface area (Å²) in [6.45, 7) is 8.46. The van der Waals surface area contributed by atoms with E-state index < -0.39 is 5.54 Å². The van der Waals surface area contributed by atoms with Crippen molar-refractivity contribution in [2.45, 2.75) is 33.2 Å². The number of hydrogen-bond donors (Lipinski definition) is 1. The highest BCUT2D eigenvalue weighted by Gasteiger charge is 2.43. The Bertz CT molecular complexity index is 608. The van der Waals surface area contributed by atoms with Gasteiger partial charge in [0.25, 0.3) is 5.91 Å². The molecule has 0 aliphatic carbocycles. The lowest BCUT2D eigenvalue weighted by atomic mass is 9.95. The molecule has 0 saturated carbocycles. The maximum Gasteiger partial charge on any atom is 0.255 e. The minimum atomic E-state index is -0.837. The molecule has 1 fully saturated rings. The van der Waals surface area contributed by atoms with E-state index in [1.54, 1.807) is 36.8 Å². The Labute approximate surface area is 125 Å². The number of carbonyl (C=O) groups is 2. The third-order valence-corrected chi connectivity index (χ3v) is 4.29. The second-order valence-electron chi connectivity index (χ2n) is 6.27. The summed E-state index contributed by atoms with van der Waals surface area (Å²) in [6.07, 6.45) is 0. The van der Waals surface area contributed by atoms with Gasteiger partial charge in [-0.1, -0.05) is 6.07 Å². The molecule has 0 unspecified atom stereocenters. The molecule has 21 heavy (non-hydrogen) atoms. The van der Waals surface area contributed by atoms with Gasteiger partial charge in [0.2, 0.25) is 5.91 Å². The number of amides is 2. The Hall–Kier alpha value is -2.04. The first-order chi connectivity index (χ1) is 9.66. The smallest absolute Gasteiger partial charge is 0.255 e. The van der Waals surface area contributed by atoms with Crippen molar-refractivity contribution < 1.29 is 9.59 Å². The summed E-state index contributed by atoms with van der Waals surface area (Å²) in [5, 5.41) is 0. The van der Waals surface area contributed by atoms with Gasteiger partial charge in [-0.25, -0.2) is 0 Å². The van der Waals surface area contributed by atoms with Crippen LogP contribution in [0.2, 0.25) is 0 Å². The van der Waals surface area contributed by atoms with E-state index in [2.05, 4.69) is 0 Å². The lowest BCUT2D eigenvalue weighted by Crippen LogP contribution is -2.63. The predicted molar refractivity (Wildman–Crippen MR) is 83.1 cm³/mol. The predicted octanol–water partition coefficient (Wildman–Crippen LogP) is 1.58. The molecule has 0 atom stereocenters. The highest BCUT2D eigenvalue weighted by Crippen LogP contribution is 2.26. The summed E-state index contributed by atoms with van der Waals surface area (Å²) >= 11 is 0. The highest BCUT2D eigenvalue weighted by atomic mass is 16.2. The number of hydrogen-bond acceptors (Lipinski definition) is 3. The summed E-state index contributed by atoms with van der Waals surface area (Å²) in [6, 6.07) is 3.62. The lowest BCUT2D eigenvalue weighted by Gasteiger charge is -2.44. The second-order valence-corrected chi connectivity index (χ2v) is 6.27. The summed E-state index contributed by atoms with van der Waals surface area (Å²) in [4.78, 5) is 28.5. The zero-order valence-electron chi connectivity index (χ0n) is 13.4. The van der Waals surface area contributed by atoms with Crippen LogP contribution in [0, 0.1) is 13.8 Å². The molecule has 1 aliphatic heterocycles. The number of anilines is 1. The van der Waals surface area contributed by atoms with Crippen molar-refractivity contribution in [1.29, 1.82) is 0 Å². The lowest BCUT2D eigenvalue weighted by molar-refractivity contribution is -0.144. The molecule has 5 nitrogen and oxygen atoms in total. The molecule has 1 heterocycles. The van der Waals surface area contributed by atoms with Gasteiger partial charge < -0.3 is 15.5 Å². The monoisotopic (exact) mass is 289 g/mol. The van der Waals surface area contributed by atoms with E-state index in [4.69, 9.17) is 5.73 Å². The fourth-order valence-electron chi connectivity index (χ4n) is 2.81. The van der Waals surface area contributed by atoms with Gasteiger partial charge >= 0.3 is 0 Å². The number of carbonyl (C=O) groups excluding carboxylic acids is 2. The van der Waals surface area contributed by atoms with E-state index in [-0.39, 0.29) is 11.8 Å². The Morgan fingerprint density at radius 1 is 1.19 bits per heavy atom. The van der Waals surface area contributed by atoms with Gasteiger partial charge in [-0.05, 0) is 44.9 Å². The molecule has 2 N–H and O–H groups in total. The van der Waals surface area contributed by atoms with Crippen molar-refractivity contribution in [3.05, 3.63) is 28.8 Å². The fraction of sp³-hybridized carbons (Fsp3) is 0.500. The Kier molecular flexibility index (Phi) is 3.70. The first-order valence-corrected chi connectivity index (χ1v) is 7.10. The third-order valence-electron chi connectivity index (χ3n) is 4.29. The molecule has 1 aromatic rings. The van der Waals surface area contributed by atoms with Crippen molar-refractivity contribution in [2.24, 2.45) is 0 Å². The molecular formula is C16H23N3O2. The average molecular weight is 289 g/mol. The SMILES string of the molecule is Cc1cc(C)c(C(=O)N2CCN(C)C(=O)C2(C)C)cc1N. The molecule has 0 bridgehead atoms. The molecule has 5 heteroatoms. The summed E-state index contributed by atoms with van der Waals surface area (Å²) in [5.41, 5.74) is 8.10. The van der Waals surface area contributed by atoms with E-state index in [1.165, 1.54) is 0 Å². The fourth-order valence-corrected chi connectivity index (χ4v) is 2.81. The van der Waals surface area contributed by atoms with Crippen LogP contribution in [-0.4, -0.2) is 47.3 Å². The van der Waals surface area contributed by atoms with Gasteiger partial charge in [-0.3, -0.25) is 9.59 Å². The van der Waals surface area contributed by atoms with Crippen LogP contribution < -0.4 is 5.73 Å². The maximum absolute atomic E-state index is 12.9. The number of nitrogen functional groups attached to an aromatic ring is 1. The molecule has 0 radical (unpaired) electrons. The Morgan fingerprint density at radius 3 is 2.43 bits per heavy atom. The number of aryl methyl sites for hydroxylation is 2. The van der Waals surface area contributed by atoms with Gasteiger partial charge in [0, 0.05) is 31.4 Å². The highest BCUT2D eigenvalue weighted by molar-refractivity contribution is 6.01. The molecule has 0 spiro atoms. The van der Waals surface area contributed by atoms with E-state index in [0.717, 1.165) is 11.1 Å². The Morgan fingerprint density at radius 2 is 1.81 bits per heavy atom. The summed E-state index contributed by atoms with van der Waals surface area (Å²) in [7, 11) is 1.76. The minimum Gasteiger partial charge on any atom is -0.398 e. The Balaban J connectivity index is 2.41. The molecule has 1 aromatic carbocycles. The number of likely N-dealkylation sites (N-methyl/N-ethyl adjacent to an activating group) is 1. The summed E-state index contributed by atoms with van der Waals surface area (Å²) < 4.78 is 0. The number of rotatable bonds is 1. The first-order valence-electron chi connectivity index (χ1n) is 7.10. The van der Waals surface area contributed by atoms with Gasteiger partial charge in [-0.2, -0.15) is 0 Å². The van der Waals surface area contributed by atoms with Crippen LogP contribution >= 0.6 is 0 Å². The third kappa shape index (κ3) is 2.48. The zero-order valence-corrected chi connectivity index (χ0v) is 13.4. The van der Waals surface area contributed by atoms with Crippen LogP contribution in [0.1, 0.15) is 35.3 Å². The van der Waals surface area contributed by atoms with E-state index in [9.17, 15) is 9.59 Å². The molecule has 1 aliphatic rings. The number of nitrogens with zero attached hydrogens (tertiary/aromatic N) is 2. The molecule has 1 saturated heterocycles. The van der Waals surface area contributed by atoms with Crippen molar-refractivity contribution >= 4 is 17.5 Å². The number of benzene rings is 1. The van der Waals surface area contributed by atoms with Crippen LogP contribution in [0.15, 0.2) is 12.1 Å². The van der Waals surface area contributed by atoms with Gasteiger partial charge in [0.05, 0.1) is 0 Å². The average Bonchev–Trinajstić information content (AvgIpc) is 2.40. The zero-order chi connectivity index (χ0) is 15.9. The van der Waals surface area contributed by atoms with Gasteiger partial charge in [-0.15, -0.1) is 0 Å². The van der Waals surface area contributed by atoms with Gasteiger partial charge in [0.1, 0.15) is 5.54 Å². The first kappa shape index (κ1) is 15.4. The summed E-state index contributed by atoms with van der Waals surface area (Å²) in [5.74, 6) is -0.175. The van der Waals surface area contributed by atoms with Crippen LogP contribution in [0.3, 0.4) is 0 Å². The number of nitrogens with two attached hydrogens (primary N) is 1. The van der Waals surface area contributed by atoms with Crippen LogP contribution in [-0.2, 0) is 4.79 Å². The van der Waals surface area contributed by atoms with Crippen LogP contribution in [0.4, 0.5) is 5.69 Å². The van der Waals surface area contributed by atoms with Crippen molar-refractivity contribution in [3.8, 4) is 0 Å². The molecule has 0 aromatic heterocycles. The van der Waals surface area contributed by atoms with E-state index in [1.807, 2.05) is 19.9 Å². The van der Waals surface area contributed by atoms with E-state index in [0.29, 0.717) is 24.3 Å². The van der Waals surface area contributed by atoms with Crippen molar-refractivity contribution in [3.63, 3.8) is 0 Å². The van der Waals surface area contributed by atoms with Crippen LogP contribution in [0.5, 0.6) is 0 Å². The standard InChI is InChI=1S/C16H23N3O2/c1-10-8-11(2)13(17)9-12(10)14(20)19-7-6-18(5)15(21)16(19,3)4/h8-9H,6-7,17H2,1-5H3. The molecular weight excluding hydrogens is 266 g/mol. The number of piperazine rings is 1. The topological polar surface area (TPSA) is 66.6 Å². The van der Waals surface area contributed by atoms with Gasteiger partial charge in [0.15, 0.2) is 0 Å². The molecule has 114 valence electrons. The van der Waals surface area contributed by atoms with Crippen molar-refractivity contribution in [1.82, 2.24) is 9.80 Å². The second kappa shape index (κ2) is 5.06. The normalized spacial score (nSPS) is 18.0. The largest absolute Gasteiger partial charge is 0.398 e. The minimum absolute atomic E-state index is 0.0418. The molecule has 2 amide bonds. The molecule has 2 rings (SSSR count). The maximum atomic E-state index is 12.9. The van der Waals surface area contributed by atoms with Crippen molar-refractivity contribution in [2.75, 3.05) is 25.9 Å². The van der Waals surface area contributed by atoms with E-state index >= 15 is 0 Å². The van der Waals surface area contributed by atoms with Crippen LogP contribution in [0.25, 0.3) is 0 Å².